The van der Waals surface area contributed by atoms with Gasteiger partial charge in [0.1, 0.15) is 11.9 Å². The number of hydrogen-bond acceptors (Lipinski definition) is 2. The van der Waals surface area contributed by atoms with Crippen LogP contribution >= 0.6 is 0 Å². The Balaban J connectivity index is 2.36. The van der Waals surface area contributed by atoms with Crippen molar-refractivity contribution in [3.05, 3.63) is 29.3 Å². The Morgan fingerprint density at radius 1 is 1.00 bits per heavy atom. The molecule has 2 nitrogen and oxygen atoms in total. The van der Waals surface area contributed by atoms with Gasteiger partial charge in [-0.05, 0) is 47.3 Å². The fraction of sp³-hybridized carbons (Fsp3) is 0.684. The van der Waals surface area contributed by atoms with Crippen molar-refractivity contribution in [2.24, 2.45) is 0 Å². The second-order valence-electron chi connectivity index (χ2n) is 8.37. The van der Waals surface area contributed by atoms with Crippen LogP contribution in [0.4, 0.5) is 0 Å². The predicted molar refractivity (Wildman–Crippen MR) is 88.1 cm³/mol. The fourth-order valence-corrected chi connectivity index (χ4v) is 2.89. The van der Waals surface area contributed by atoms with Gasteiger partial charge in [0.2, 0.25) is 0 Å². The van der Waals surface area contributed by atoms with Gasteiger partial charge in [-0.1, -0.05) is 53.7 Å². The molecule has 0 saturated heterocycles. The van der Waals surface area contributed by atoms with E-state index < -0.39 is 0 Å². The van der Waals surface area contributed by atoms with Crippen LogP contribution in [0.3, 0.4) is 0 Å². The molecule has 2 heteroatoms. The average Bonchev–Trinajstić information content (AvgIpc) is 2.73. The number of benzene rings is 1. The quantitative estimate of drug-likeness (QED) is 0.864. The molecule has 1 saturated carbocycles. The second kappa shape index (κ2) is 5.64. The van der Waals surface area contributed by atoms with Crippen LogP contribution in [0.5, 0.6) is 5.75 Å². The summed E-state index contributed by atoms with van der Waals surface area (Å²) in [5.41, 5.74) is 2.71. The molecule has 1 aliphatic carbocycles. The zero-order valence-corrected chi connectivity index (χ0v) is 14.4. The van der Waals surface area contributed by atoms with Gasteiger partial charge >= 0.3 is 0 Å². The number of aliphatic hydroxyl groups excluding tert-OH is 1. The lowest BCUT2D eigenvalue weighted by Gasteiger charge is -2.29. The van der Waals surface area contributed by atoms with Gasteiger partial charge < -0.3 is 9.84 Å². The topological polar surface area (TPSA) is 29.5 Å². The molecular weight excluding hydrogens is 260 g/mol. The third-order valence-corrected chi connectivity index (χ3v) is 4.35. The van der Waals surface area contributed by atoms with Crippen molar-refractivity contribution >= 4 is 0 Å². The van der Waals surface area contributed by atoms with Gasteiger partial charge in [0.25, 0.3) is 0 Å². The Labute approximate surface area is 129 Å². The number of ether oxygens (including phenoxy) is 1. The Kier molecular flexibility index (Phi) is 4.39. The van der Waals surface area contributed by atoms with Gasteiger partial charge in [0, 0.05) is 0 Å². The molecule has 0 bridgehead atoms. The summed E-state index contributed by atoms with van der Waals surface area (Å²) in [5.74, 6) is 0.932. The fourth-order valence-electron chi connectivity index (χ4n) is 2.89. The van der Waals surface area contributed by atoms with Crippen LogP contribution in [0.25, 0.3) is 0 Å². The molecule has 1 N–H and O–H groups in total. The molecule has 0 aliphatic heterocycles. The van der Waals surface area contributed by atoms with Crippen LogP contribution < -0.4 is 4.74 Å². The van der Waals surface area contributed by atoms with Gasteiger partial charge in [0.05, 0.1) is 6.10 Å². The Hall–Kier alpha value is -1.02. The first kappa shape index (κ1) is 16.4. The third-order valence-electron chi connectivity index (χ3n) is 4.35. The number of aliphatic hydroxyl groups is 1. The molecule has 2 unspecified atom stereocenters. The van der Waals surface area contributed by atoms with E-state index in [0.29, 0.717) is 0 Å². The third kappa shape index (κ3) is 3.79. The molecule has 0 radical (unpaired) electrons. The molecule has 1 aromatic rings. The molecule has 0 spiro atoms. The molecule has 2 rings (SSSR count). The molecule has 2 atom stereocenters. The SMILES string of the molecule is CC(C)(C)c1ccc(OC2CCCC2O)c(C(C)(C)C)c1. The van der Waals surface area contributed by atoms with Gasteiger partial charge in [-0.15, -0.1) is 0 Å². The maximum absolute atomic E-state index is 10.0. The van der Waals surface area contributed by atoms with Gasteiger partial charge in [-0.2, -0.15) is 0 Å². The molecule has 21 heavy (non-hydrogen) atoms. The smallest absolute Gasteiger partial charge is 0.124 e. The Morgan fingerprint density at radius 2 is 1.67 bits per heavy atom. The van der Waals surface area contributed by atoms with Crippen molar-refractivity contribution < 1.29 is 9.84 Å². The highest BCUT2D eigenvalue weighted by atomic mass is 16.5. The van der Waals surface area contributed by atoms with E-state index in [1.54, 1.807) is 0 Å². The highest BCUT2D eigenvalue weighted by molar-refractivity contribution is 5.43. The van der Waals surface area contributed by atoms with E-state index in [-0.39, 0.29) is 23.0 Å². The lowest BCUT2D eigenvalue weighted by Crippen LogP contribution is -2.27. The highest BCUT2D eigenvalue weighted by Crippen LogP contribution is 2.37. The van der Waals surface area contributed by atoms with Crippen LogP contribution in [0.1, 0.15) is 71.9 Å². The van der Waals surface area contributed by atoms with Crippen molar-refractivity contribution in [2.75, 3.05) is 0 Å². The summed E-state index contributed by atoms with van der Waals surface area (Å²) < 4.78 is 6.16. The number of hydrogen-bond donors (Lipinski definition) is 1. The first-order valence-corrected chi connectivity index (χ1v) is 8.09. The van der Waals surface area contributed by atoms with Gasteiger partial charge in [0.15, 0.2) is 0 Å². The van der Waals surface area contributed by atoms with Gasteiger partial charge in [-0.3, -0.25) is 0 Å². The molecule has 118 valence electrons. The molecule has 1 aliphatic rings. The van der Waals surface area contributed by atoms with Crippen molar-refractivity contribution in [3.63, 3.8) is 0 Å². The normalized spacial score (nSPS) is 23.4. The summed E-state index contributed by atoms with van der Waals surface area (Å²) in [6, 6.07) is 6.52. The summed E-state index contributed by atoms with van der Waals surface area (Å²) in [6.45, 7) is 13.3. The lowest BCUT2D eigenvalue weighted by atomic mass is 9.80. The van der Waals surface area contributed by atoms with Crippen LogP contribution in [0.15, 0.2) is 18.2 Å². The molecular formula is C19H30O2. The van der Waals surface area contributed by atoms with E-state index >= 15 is 0 Å². The molecule has 1 aromatic carbocycles. The van der Waals surface area contributed by atoms with Crippen LogP contribution in [-0.4, -0.2) is 17.3 Å². The monoisotopic (exact) mass is 290 g/mol. The van der Waals surface area contributed by atoms with E-state index in [1.165, 1.54) is 11.1 Å². The highest BCUT2D eigenvalue weighted by Gasteiger charge is 2.29. The van der Waals surface area contributed by atoms with Crippen molar-refractivity contribution in [2.45, 2.75) is 83.8 Å². The van der Waals surface area contributed by atoms with Crippen molar-refractivity contribution in [3.8, 4) is 5.75 Å². The molecule has 1 fully saturated rings. The Bertz CT molecular complexity index is 491. The van der Waals surface area contributed by atoms with E-state index in [2.05, 4.69) is 59.7 Å². The summed E-state index contributed by atoms with van der Waals surface area (Å²) in [5, 5.41) is 10.0. The molecule has 0 amide bonds. The average molecular weight is 290 g/mol. The maximum Gasteiger partial charge on any atom is 0.124 e. The van der Waals surface area contributed by atoms with Crippen molar-refractivity contribution in [1.82, 2.24) is 0 Å². The van der Waals surface area contributed by atoms with E-state index in [1.807, 2.05) is 0 Å². The van der Waals surface area contributed by atoms with Crippen LogP contribution in [0, 0.1) is 0 Å². The van der Waals surface area contributed by atoms with E-state index in [0.717, 1.165) is 25.0 Å². The maximum atomic E-state index is 10.0. The number of rotatable bonds is 2. The summed E-state index contributed by atoms with van der Waals surface area (Å²) >= 11 is 0. The first-order chi connectivity index (χ1) is 9.59. The predicted octanol–water partition coefficient (Wildman–Crippen LogP) is 4.57. The van der Waals surface area contributed by atoms with E-state index in [4.69, 9.17) is 4.74 Å². The molecule has 0 heterocycles. The van der Waals surface area contributed by atoms with Crippen LogP contribution in [0.2, 0.25) is 0 Å². The minimum absolute atomic E-state index is 0.0279. The zero-order valence-electron chi connectivity index (χ0n) is 14.4. The molecule has 0 aromatic heterocycles. The van der Waals surface area contributed by atoms with Gasteiger partial charge in [-0.25, -0.2) is 0 Å². The lowest BCUT2D eigenvalue weighted by molar-refractivity contribution is 0.0591. The minimum atomic E-state index is -0.319. The second-order valence-corrected chi connectivity index (χ2v) is 8.37. The standard InChI is InChI=1S/C19H30O2/c1-18(2,3)13-10-11-16(14(12-13)19(4,5)6)21-17-9-7-8-15(17)20/h10-12,15,17,20H,7-9H2,1-6H3. The largest absolute Gasteiger partial charge is 0.487 e. The zero-order chi connectivity index (χ0) is 15.8. The first-order valence-electron chi connectivity index (χ1n) is 8.09. The Morgan fingerprint density at radius 3 is 2.14 bits per heavy atom. The summed E-state index contributed by atoms with van der Waals surface area (Å²) in [4.78, 5) is 0. The van der Waals surface area contributed by atoms with E-state index in [9.17, 15) is 5.11 Å². The van der Waals surface area contributed by atoms with Crippen LogP contribution in [-0.2, 0) is 10.8 Å². The minimum Gasteiger partial charge on any atom is -0.487 e. The summed E-state index contributed by atoms with van der Waals surface area (Å²) in [6.07, 6.45) is 2.49. The van der Waals surface area contributed by atoms with Crippen molar-refractivity contribution in [1.29, 1.82) is 0 Å². The summed E-state index contributed by atoms with van der Waals surface area (Å²) in [7, 11) is 0.